The van der Waals surface area contributed by atoms with Gasteiger partial charge in [-0.3, -0.25) is 0 Å². The average Bonchev–Trinajstić information content (AvgIpc) is 2.80. The first-order valence-corrected chi connectivity index (χ1v) is 6.40. The van der Waals surface area contributed by atoms with E-state index in [1.807, 2.05) is 13.8 Å². The Hall–Kier alpha value is -1.27. The van der Waals surface area contributed by atoms with Crippen LogP contribution in [-0.4, -0.2) is 14.8 Å². The van der Waals surface area contributed by atoms with Crippen molar-refractivity contribution in [2.45, 2.75) is 25.9 Å². The minimum Gasteiger partial charge on any atom is -0.318 e. The van der Waals surface area contributed by atoms with Crippen LogP contribution in [0, 0.1) is 5.82 Å². The Morgan fingerprint density at radius 3 is 2.78 bits per heavy atom. The highest BCUT2D eigenvalue weighted by Crippen LogP contribution is 2.27. The van der Waals surface area contributed by atoms with Crippen LogP contribution in [0.5, 0.6) is 0 Å². The summed E-state index contributed by atoms with van der Waals surface area (Å²) in [5, 5.41) is 4.13. The zero-order chi connectivity index (χ0) is 13.3. The van der Waals surface area contributed by atoms with E-state index in [0.717, 1.165) is 4.47 Å². The predicted octanol–water partition coefficient (Wildman–Crippen LogP) is 2.81. The number of nitrogens with two attached hydrogens (primary N) is 1. The Labute approximate surface area is 113 Å². The highest BCUT2D eigenvalue weighted by Gasteiger charge is 2.19. The number of nitrogens with zero attached hydrogens (tertiary/aromatic N) is 3. The van der Waals surface area contributed by atoms with Crippen LogP contribution in [0.4, 0.5) is 4.39 Å². The molecule has 0 bridgehead atoms. The van der Waals surface area contributed by atoms with Crippen molar-refractivity contribution in [3.8, 4) is 0 Å². The zero-order valence-electron chi connectivity index (χ0n) is 10.1. The van der Waals surface area contributed by atoms with Gasteiger partial charge in [0.1, 0.15) is 18.0 Å². The van der Waals surface area contributed by atoms with Gasteiger partial charge in [-0.1, -0.05) is 15.9 Å². The fourth-order valence-corrected chi connectivity index (χ4v) is 2.26. The maximum Gasteiger partial charge on any atom is 0.148 e. The number of hydrogen-bond acceptors (Lipinski definition) is 3. The van der Waals surface area contributed by atoms with Gasteiger partial charge in [-0.2, -0.15) is 5.10 Å². The summed E-state index contributed by atoms with van der Waals surface area (Å²) in [6.07, 6.45) is 1.46. The Morgan fingerprint density at radius 1 is 1.39 bits per heavy atom. The smallest absolute Gasteiger partial charge is 0.148 e. The molecule has 0 fully saturated rings. The molecule has 0 saturated heterocycles. The third-order valence-corrected chi connectivity index (χ3v) is 3.38. The lowest BCUT2D eigenvalue weighted by Crippen LogP contribution is -2.20. The van der Waals surface area contributed by atoms with Gasteiger partial charge < -0.3 is 5.73 Å². The van der Waals surface area contributed by atoms with Crippen molar-refractivity contribution in [1.29, 1.82) is 0 Å². The second kappa shape index (κ2) is 5.16. The topological polar surface area (TPSA) is 56.7 Å². The first-order valence-electron chi connectivity index (χ1n) is 5.60. The largest absolute Gasteiger partial charge is 0.318 e. The molecule has 0 aliphatic heterocycles. The molecule has 0 aliphatic rings. The molecule has 1 heterocycles. The normalized spacial score (nSPS) is 13.0. The highest BCUT2D eigenvalue weighted by atomic mass is 79.9. The van der Waals surface area contributed by atoms with Gasteiger partial charge in [0.2, 0.25) is 0 Å². The summed E-state index contributed by atoms with van der Waals surface area (Å²) in [6.45, 7) is 3.98. The molecule has 18 heavy (non-hydrogen) atoms. The minimum absolute atomic E-state index is 0.154. The van der Waals surface area contributed by atoms with Crippen molar-refractivity contribution < 1.29 is 4.39 Å². The minimum atomic E-state index is -0.514. The van der Waals surface area contributed by atoms with E-state index in [0.29, 0.717) is 11.4 Å². The van der Waals surface area contributed by atoms with E-state index in [1.54, 1.807) is 10.7 Å². The maximum atomic E-state index is 13.3. The molecule has 1 atom stereocenters. The van der Waals surface area contributed by atoms with Gasteiger partial charge in [0.05, 0.1) is 6.04 Å². The molecule has 1 unspecified atom stereocenters. The summed E-state index contributed by atoms with van der Waals surface area (Å²) >= 11 is 3.37. The van der Waals surface area contributed by atoms with Crippen molar-refractivity contribution in [2.75, 3.05) is 0 Å². The van der Waals surface area contributed by atoms with Gasteiger partial charge in [-0.25, -0.2) is 14.1 Å². The number of rotatable bonds is 3. The summed E-state index contributed by atoms with van der Waals surface area (Å²) in [6, 6.07) is 4.07. The fourth-order valence-electron chi connectivity index (χ4n) is 1.77. The summed E-state index contributed by atoms with van der Waals surface area (Å²) in [5.74, 6) is 0.301. The number of halogens is 2. The van der Waals surface area contributed by atoms with Gasteiger partial charge in [0, 0.05) is 10.5 Å². The van der Waals surface area contributed by atoms with Crippen molar-refractivity contribution in [3.63, 3.8) is 0 Å². The molecule has 1 aromatic heterocycles. The molecular formula is C12H14BrFN4. The summed E-state index contributed by atoms with van der Waals surface area (Å²) in [4.78, 5) is 4.17. The van der Waals surface area contributed by atoms with Crippen LogP contribution in [0.25, 0.3) is 0 Å². The van der Waals surface area contributed by atoms with Crippen molar-refractivity contribution in [3.05, 3.63) is 46.2 Å². The molecule has 0 aliphatic carbocycles. The summed E-state index contributed by atoms with van der Waals surface area (Å²) < 4.78 is 15.8. The van der Waals surface area contributed by atoms with E-state index in [-0.39, 0.29) is 11.9 Å². The maximum absolute atomic E-state index is 13.3. The molecule has 1 aromatic carbocycles. The third kappa shape index (κ3) is 2.44. The highest BCUT2D eigenvalue weighted by molar-refractivity contribution is 9.10. The third-order valence-electron chi connectivity index (χ3n) is 2.66. The monoisotopic (exact) mass is 312 g/mol. The zero-order valence-corrected chi connectivity index (χ0v) is 11.7. The lowest BCUT2D eigenvalue weighted by Gasteiger charge is -2.16. The van der Waals surface area contributed by atoms with Crippen LogP contribution >= 0.6 is 15.9 Å². The Bertz CT molecular complexity index is 553. The molecule has 2 rings (SSSR count). The van der Waals surface area contributed by atoms with Gasteiger partial charge >= 0.3 is 0 Å². The second-order valence-electron chi connectivity index (χ2n) is 4.30. The van der Waals surface area contributed by atoms with Crippen molar-refractivity contribution >= 4 is 15.9 Å². The molecule has 2 N–H and O–H groups in total. The van der Waals surface area contributed by atoms with Crippen LogP contribution < -0.4 is 5.73 Å². The van der Waals surface area contributed by atoms with Crippen LogP contribution in [0.3, 0.4) is 0 Å². The van der Waals surface area contributed by atoms with Crippen LogP contribution in [0.15, 0.2) is 29.0 Å². The Balaban J connectivity index is 2.44. The SMILES string of the molecule is CC(C)n1ncnc1C(N)c1cc(F)ccc1Br. The number of benzene rings is 1. The molecule has 0 saturated carbocycles. The lowest BCUT2D eigenvalue weighted by molar-refractivity contribution is 0.493. The van der Waals surface area contributed by atoms with E-state index < -0.39 is 6.04 Å². The van der Waals surface area contributed by atoms with Crippen LogP contribution in [0.2, 0.25) is 0 Å². The first kappa shape index (κ1) is 13.2. The quantitative estimate of drug-likeness (QED) is 0.948. The van der Waals surface area contributed by atoms with E-state index in [1.165, 1.54) is 18.5 Å². The van der Waals surface area contributed by atoms with E-state index in [4.69, 9.17) is 5.73 Å². The fraction of sp³-hybridized carbons (Fsp3) is 0.333. The van der Waals surface area contributed by atoms with Gasteiger partial charge in [0.15, 0.2) is 0 Å². The molecule has 0 amide bonds. The predicted molar refractivity (Wildman–Crippen MR) is 70.5 cm³/mol. The van der Waals surface area contributed by atoms with Crippen molar-refractivity contribution in [1.82, 2.24) is 14.8 Å². The van der Waals surface area contributed by atoms with Crippen molar-refractivity contribution in [2.24, 2.45) is 5.73 Å². The molecule has 4 nitrogen and oxygen atoms in total. The van der Waals surface area contributed by atoms with Crippen LogP contribution in [0.1, 0.15) is 37.3 Å². The van der Waals surface area contributed by atoms with Gasteiger partial charge in [-0.05, 0) is 37.6 Å². The Kier molecular flexibility index (Phi) is 3.77. The number of aromatic nitrogens is 3. The van der Waals surface area contributed by atoms with Gasteiger partial charge in [-0.15, -0.1) is 0 Å². The molecule has 6 heteroatoms. The molecule has 0 radical (unpaired) electrons. The average molecular weight is 313 g/mol. The lowest BCUT2D eigenvalue weighted by atomic mass is 10.1. The van der Waals surface area contributed by atoms with E-state index in [9.17, 15) is 4.39 Å². The summed E-state index contributed by atoms with van der Waals surface area (Å²) in [7, 11) is 0. The molecular weight excluding hydrogens is 299 g/mol. The summed E-state index contributed by atoms with van der Waals surface area (Å²) in [5.41, 5.74) is 6.81. The second-order valence-corrected chi connectivity index (χ2v) is 5.15. The molecule has 2 aromatic rings. The first-order chi connectivity index (χ1) is 8.50. The van der Waals surface area contributed by atoms with Gasteiger partial charge in [0.25, 0.3) is 0 Å². The van der Waals surface area contributed by atoms with E-state index >= 15 is 0 Å². The molecule has 96 valence electrons. The molecule has 0 spiro atoms. The number of hydrogen-bond donors (Lipinski definition) is 1. The standard InChI is InChI=1S/C12H14BrFN4/c1-7(2)18-12(16-6-17-18)11(15)9-5-8(14)3-4-10(9)13/h3-7,11H,15H2,1-2H3. The van der Waals surface area contributed by atoms with Crippen LogP contribution in [-0.2, 0) is 0 Å². The Morgan fingerprint density at radius 2 is 2.11 bits per heavy atom. The van der Waals surface area contributed by atoms with E-state index in [2.05, 4.69) is 26.0 Å².